The lowest BCUT2D eigenvalue weighted by Gasteiger charge is -2.30. The number of aliphatic hydroxyl groups is 1. The fourth-order valence-corrected chi connectivity index (χ4v) is 1.69. The number of nitrogens with one attached hydrogen (secondary N) is 1. The van der Waals surface area contributed by atoms with Gasteiger partial charge in [-0.05, 0) is 25.0 Å². The number of hydrogen-bond acceptors (Lipinski definition) is 2. The molecule has 0 fully saturated rings. The first kappa shape index (κ1) is 14.6. The summed E-state index contributed by atoms with van der Waals surface area (Å²) in [6, 6.07) is 2.63. The summed E-state index contributed by atoms with van der Waals surface area (Å²) in [6.45, 7) is 3.43. The molecule has 0 aliphatic heterocycles. The number of hydrogen-bond donors (Lipinski definition) is 2. The molecule has 1 amide bonds. The molecule has 3 nitrogen and oxygen atoms in total. The molecule has 0 heterocycles. The third-order valence-electron chi connectivity index (χ3n) is 3.16. The number of amides is 1. The van der Waals surface area contributed by atoms with Gasteiger partial charge in [-0.1, -0.05) is 13.8 Å². The molecule has 0 saturated heterocycles. The van der Waals surface area contributed by atoms with Gasteiger partial charge >= 0.3 is 0 Å². The standard InChI is InChI=1S/C13H17F2NO2/c1-3-13(4-2,8-17)16-12(18)9-5-10(14)7-11(15)6-9/h5-7,17H,3-4,8H2,1-2H3,(H,16,18). The first-order chi connectivity index (χ1) is 8.46. The quantitative estimate of drug-likeness (QED) is 0.850. The van der Waals surface area contributed by atoms with Crippen LogP contribution in [-0.4, -0.2) is 23.2 Å². The van der Waals surface area contributed by atoms with Gasteiger partial charge in [-0.3, -0.25) is 4.79 Å². The van der Waals surface area contributed by atoms with Gasteiger partial charge in [0.2, 0.25) is 0 Å². The Bertz CT molecular complexity index is 402. The van der Waals surface area contributed by atoms with E-state index in [9.17, 15) is 18.7 Å². The molecule has 18 heavy (non-hydrogen) atoms. The maximum Gasteiger partial charge on any atom is 0.251 e. The molecule has 2 N–H and O–H groups in total. The molecular weight excluding hydrogens is 240 g/mol. The van der Waals surface area contributed by atoms with E-state index in [1.807, 2.05) is 13.8 Å². The van der Waals surface area contributed by atoms with Crippen LogP contribution in [0.4, 0.5) is 8.78 Å². The Morgan fingerprint density at radius 2 is 1.72 bits per heavy atom. The predicted molar refractivity (Wildman–Crippen MR) is 64.2 cm³/mol. The van der Waals surface area contributed by atoms with Crippen molar-refractivity contribution in [3.05, 3.63) is 35.4 Å². The van der Waals surface area contributed by atoms with Gasteiger partial charge in [0.05, 0.1) is 12.1 Å². The molecule has 0 bridgehead atoms. The number of rotatable bonds is 5. The molecule has 100 valence electrons. The van der Waals surface area contributed by atoms with Crippen LogP contribution in [0.25, 0.3) is 0 Å². The summed E-state index contributed by atoms with van der Waals surface area (Å²) in [4.78, 5) is 11.9. The molecule has 0 aromatic heterocycles. The van der Waals surface area contributed by atoms with Crippen LogP contribution in [0.5, 0.6) is 0 Å². The largest absolute Gasteiger partial charge is 0.394 e. The Balaban J connectivity index is 2.94. The van der Waals surface area contributed by atoms with E-state index >= 15 is 0 Å². The van der Waals surface area contributed by atoms with Crippen LogP contribution in [0.2, 0.25) is 0 Å². The third kappa shape index (κ3) is 3.26. The van der Waals surface area contributed by atoms with E-state index in [0.29, 0.717) is 18.9 Å². The Labute approximate surface area is 105 Å². The minimum Gasteiger partial charge on any atom is -0.394 e. The van der Waals surface area contributed by atoms with Crippen molar-refractivity contribution < 1.29 is 18.7 Å². The summed E-state index contributed by atoms with van der Waals surface area (Å²) in [5.41, 5.74) is -0.841. The second kappa shape index (κ2) is 5.91. The highest BCUT2D eigenvalue weighted by Crippen LogP contribution is 2.16. The topological polar surface area (TPSA) is 49.3 Å². The van der Waals surface area contributed by atoms with Crippen LogP contribution in [0.15, 0.2) is 18.2 Å². The smallest absolute Gasteiger partial charge is 0.251 e. The molecule has 0 saturated carbocycles. The summed E-state index contributed by atoms with van der Waals surface area (Å²) in [5, 5.41) is 11.9. The minimum atomic E-state index is -0.803. The normalized spacial score (nSPS) is 11.4. The zero-order chi connectivity index (χ0) is 13.8. The SMILES string of the molecule is CCC(CC)(CO)NC(=O)c1cc(F)cc(F)c1. The minimum absolute atomic E-state index is 0.0905. The molecule has 1 rings (SSSR count). The van der Waals surface area contributed by atoms with E-state index in [0.717, 1.165) is 12.1 Å². The van der Waals surface area contributed by atoms with E-state index in [-0.39, 0.29) is 12.2 Å². The van der Waals surface area contributed by atoms with Crippen molar-refractivity contribution in [3.63, 3.8) is 0 Å². The zero-order valence-electron chi connectivity index (χ0n) is 10.5. The molecular formula is C13H17F2NO2. The van der Waals surface area contributed by atoms with Gasteiger partial charge in [0.15, 0.2) is 0 Å². The van der Waals surface area contributed by atoms with E-state index in [2.05, 4.69) is 5.32 Å². The van der Waals surface area contributed by atoms with Crippen LogP contribution in [0.1, 0.15) is 37.0 Å². The number of carbonyl (C=O) groups excluding carboxylic acids is 1. The Hall–Kier alpha value is -1.49. The fourth-order valence-electron chi connectivity index (χ4n) is 1.69. The van der Waals surface area contributed by atoms with Gasteiger partial charge in [-0.15, -0.1) is 0 Å². The number of carbonyl (C=O) groups is 1. The lowest BCUT2D eigenvalue weighted by molar-refractivity contribution is 0.0817. The van der Waals surface area contributed by atoms with Gasteiger partial charge in [-0.25, -0.2) is 8.78 Å². The lowest BCUT2D eigenvalue weighted by atomic mass is 9.93. The van der Waals surface area contributed by atoms with Crippen molar-refractivity contribution in [1.82, 2.24) is 5.32 Å². The van der Waals surface area contributed by atoms with Crippen LogP contribution >= 0.6 is 0 Å². The Kier molecular flexibility index (Phi) is 4.78. The molecule has 0 radical (unpaired) electrons. The average Bonchev–Trinajstić information content (AvgIpc) is 2.35. The van der Waals surface area contributed by atoms with Gasteiger partial charge < -0.3 is 10.4 Å². The second-order valence-corrected chi connectivity index (χ2v) is 4.26. The lowest BCUT2D eigenvalue weighted by Crippen LogP contribution is -2.50. The molecule has 1 aromatic rings. The molecule has 0 atom stereocenters. The number of benzene rings is 1. The van der Waals surface area contributed by atoms with Crippen LogP contribution in [-0.2, 0) is 0 Å². The van der Waals surface area contributed by atoms with E-state index in [4.69, 9.17) is 0 Å². The van der Waals surface area contributed by atoms with E-state index < -0.39 is 23.1 Å². The summed E-state index contributed by atoms with van der Waals surface area (Å²) in [7, 11) is 0. The molecule has 0 aliphatic carbocycles. The molecule has 5 heteroatoms. The first-order valence-corrected chi connectivity index (χ1v) is 5.86. The number of aliphatic hydroxyl groups excluding tert-OH is 1. The van der Waals surface area contributed by atoms with Gasteiger partial charge in [0.1, 0.15) is 11.6 Å². The summed E-state index contributed by atoms with van der Waals surface area (Å²) in [6.07, 6.45) is 1.06. The molecule has 0 unspecified atom stereocenters. The highest BCUT2D eigenvalue weighted by molar-refractivity contribution is 5.94. The van der Waals surface area contributed by atoms with Crippen molar-refractivity contribution in [2.75, 3.05) is 6.61 Å². The summed E-state index contributed by atoms with van der Waals surface area (Å²) >= 11 is 0. The van der Waals surface area contributed by atoms with Crippen molar-refractivity contribution in [2.45, 2.75) is 32.2 Å². The zero-order valence-corrected chi connectivity index (χ0v) is 10.5. The average molecular weight is 257 g/mol. The highest BCUT2D eigenvalue weighted by Gasteiger charge is 2.27. The summed E-state index contributed by atoms with van der Waals surface area (Å²) in [5.74, 6) is -2.20. The van der Waals surface area contributed by atoms with E-state index in [1.165, 1.54) is 0 Å². The molecule has 0 aliphatic rings. The Morgan fingerprint density at radius 1 is 1.22 bits per heavy atom. The second-order valence-electron chi connectivity index (χ2n) is 4.26. The van der Waals surface area contributed by atoms with Crippen LogP contribution in [0.3, 0.4) is 0 Å². The predicted octanol–water partition coefficient (Wildman–Crippen LogP) is 2.25. The van der Waals surface area contributed by atoms with Crippen molar-refractivity contribution in [2.24, 2.45) is 0 Å². The fraction of sp³-hybridized carbons (Fsp3) is 0.462. The van der Waals surface area contributed by atoms with Crippen molar-refractivity contribution in [1.29, 1.82) is 0 Å². The molecule has 1 aromatic carbocycles. The monoisotopic (exact) mass is 257 g/mol. The first-order valence-electron chi connectivity index (χ1n) is 5.86. The number of halogens is 2. The van der Waals surface area contributed by atoms with Gasteiger partial charge in [0.25, 0.3) is 5.91 Å². The van der Waals surface area contributed by atoms with Crippen LogP contribution < -0.4 is 5.32 Å². The maximum absolute atomic E-state index is 13.0. The van der Waals surface area contributed by atoms with Gasteiger partial charge in [-0.2, -0.15) is 0 Å². The van der Waals surface area contributed by atoms with Crippen molar-refractivity contribution >= 4 is 5.91 Å². The van der Waals surface area contributed by atoms with Crippen LogP contribution in [0, 0.1) is 11.6 Å². The highest BCUT2D eigenvalue weighted by atomic mass is 19.1. The van der Waals surface area contributed by atoms with E-state index in [1.54, 1.807) is 0 Å². The maximum atomic E-state index is 13.0. The molecule has 0 spiro atoms. The summed E-state index contributed by atoms with van der Waals surface area (Å²) < 4.78 is 26.0. The van der Waals surface area contributed by atoms with Gasteiger partial charge in [0, 0.05) is 11.6 Å². The Morgan fingerprint density at radius 3 is 2.11 bits per heavy atom. The van der Waals surface area contributed by atoms with Crippen molar-refractivity contribution in [3.8, 4) is 0 Å². The third-order valence-corrected chi connectivity index (χ3v) is 3.16.